The summed E-state index contributed by atoms with van der Waals surface area (Å²) in [7, 11) is 0. The third-order valence-corrected chi connectivity index (χ3v) is 3.92. The molecule has 0 aliphatic rings. The zero-order valence-corrected chi connectivity index (χ0v) is 12.2. The average Bonchev–Trinajstić information content (AvgIpc) is 2.77. The predicted molar refractivity (Wildman–Crippen MR) is 80.3 cm³/mol. The maximum absolute atomic E-state index is 5.81. The fraction of sp³-hybridized carbons (Fsp3) is 0.429. The van der Waals surface area contributed by atoms with Crippen LogP contribution in [-0.2, 0) is 6.42 Å². The van der Waals surface area contributed by atoms with E-state index >= 15 is 0 Å². The lowest BCUT2D eigenvalue weighted by atomic mass is 10.1. The van der Waals surface area contributed by atoms with Gasteiger partial charge >= 0.3 is 0 Å². The molecule has 1 aromatic heterocycles. The number of hydrogen-bond acceptors (Lipinski definition) is 4. The van der Waals surface area contributed by atoms with Gasteiger partial charge in [-0.3, -0.25) is 4.57 Å². The van der Waals surface area contributed by atoms with E-state index < -0.39 is 0 Å². The van der Waals surface area contributed by atoms with Crippen molar-refractivity contribution < 1.29 is 0 Å². The van der Waals surface area contributed by atoms with E-state index in [4.69, 9.17) is 5.73 Å². The number of nitrogen functional groups attached to an aromatic ring is 1. The highest BCUT2D eigenvalue weighted by Crippen LogP contribution is 2.23. The first-order valence-electron chi connectivity index (χ1n) is 6.55. The lowest BCUT2D eigenvalue weighted by Gasteiger charge is -2.11. The molecule has 0 spiro atoms. The third kappa shape index (κ3) is 3.73. The van der Waals surface area contributed by atoms with Gasteiger partial charge in [0.25, 0.3) is 0 Å². The molecule has 19 heavy (non-hydrogen) atoms. The Hall–Kier alpha value is -1.49. The molecule has 0 aliphatic carbocycles. The van der Waals surface area contributed by atoms with Crippen molar-refractivity contribution in [1.82, 2.24) is 14.8 Å². The van der Waals surface area contributed by atoms with E-state index in [1.807, 2.05) is 10.6 Å². The van der Waals surface area contributed by atoms with Crippen molar-refractivity contribution in [3.63, 3.8) is 0 Å². The molecular weight excluding hydrogens is 256 g/mol. The maximum atomic E-state index is 5.81. The molecule has 0 unspecified atom stereocenters. The van der Waals surface area contributed by atoms with Gasteiger partial charge in [-0.15, -0.1) is 10.2 Å². The number of nitrogens with zero attached hydrogens (tertiary/aromatic N) is 3. The Morgan fingerprint density at radius 3 is 2.63 bits per heavy atom. The molecule has 0 radical (unpaired) electrons. The molecule has 0 saturated heterocycles. The van der Waals surface area contributed by atoms with Gasteiger partial charge in [0.05, 0.1) is 0 Å². The van der Waals surface area contributed by atoms with Crippen molar-refractivity contribution in [2.24, 2.45) is 0 Å². The topological polar surface area (TPSA) is 56.7 Å². The van der Waals surface area contributed by atoms with Gasteiger partial charge in [0.15, 0.2) is 5.16 Å². The minimum absolute atomic E-state index is 0.298. The van der Waals surface area contributed by atoms with Gasteiger partial charge in [0.2, 0.25) is 5.95 Å². The quantitative estimate of drug-likeness (QED) is 0.650. The number of thioether (sulfide) groups is 1. The van der Waals surface area contributed by atoms with Crippen LogP contribution in [0.1, 0.15) is 31.9 Å². The molecule has 0 fully saturated rings. The Balaban J connectivity index is 1.83. The molecule has 2 N–H and O–H groups in total. The number of benzene rings is 1. The first kappa shape index (κ1) is 13.9. The Kier molecular flexibility index (Phi) is 4.85. The minimum Gasteiger partial charge on any atom is -0.368 e. The third-order valence-electron chi connectivity index (χ3n) is 2.89. The number of aromatic nitrogens is 3. The molecule has 2 aromatic rings. The van der Waals surface area contributed by atoms with Gasteiger partial charge in [-0.2, -0.15) is 0 Å². The van der Waals surface area contributed by atoms with E-state index in [9.17, 15) is 0 Å². The van der Waals surface area contributed by atoms with E-state index in [0.717, 1.165) is 23.8 Å². The van der Waals surface area contributed by atoms with Gasteiger partial charge in [-0.1, -0.05) is 42.1 Å². The molecule has 0 amide bonds. The molecule has 102 valence electrons. The highest BCUT2D eigenvalue weighted by Gasteiger charge is 2.12. The van der Waals surface area contributed by atoms with E-state index in [1.54, 1.807) is 11.8 Å². The van der Waals surface area contributed by atoms with Crippen molar-refractivity contribution in [2.45, 2.75) is 37.9 Å². The summed E-state index contributed by atoms with van der Waals surface area (Å²) in [5.41, 5.74) is 7.20. The highest BCUT2D eigenvalue weighted by molar-refractivity contribution is 7.99. The van der Waals surface area contributed by atoms with Crippen LogP contribution in [0, 0.1) is 0 Å². The van der Waals surface area contributed by atoms with Gasteiger partial charge in [0, 0.05) is 11.8 Å². The smallest absolute Gasteiger partial charge is 0.222 e. The lowest BCUT2D eigenvalue weighted by Crippen LogP contribution is -2.07. The van der Waals surface area contributed by atoms with Crippen molar-refractivity contribution in [3.05, 3.63) is 35.9 Å². The van der Waals surface area contributed by atoms with Gasteiger partial charge in [-0.05, 0) is 32.3 Å². The Labute approximate surface area is 118 Å². The molecular formula is C14H20N4S. The number of rotatable bonds is 6. The summed E-state index contributed by atoms with van der Waals surface area (Å²) in [6, 6.07) is 10.8. The average molecular weight is 276 g/mol. The number of hydrogen-bond donors (Lipinski definition) is 1. The molecule has 0 saturated carbocycles. The second-order valence-corrected chi connectivity index (χ2v) is 5.80. The summed E-state index contributed by atoms with van der Waals surface area (Å²) in [4.78, 5) is 0. The Bertz CT molecular complexity index is 507. The molecule has 1 aromatic carbocycles. The van der Waals surface area contributed by atoms with Crippen molar-refractivity contribution >= 4 is 17.7 Å². The van der Waals surface area contributed by atoms with Gasteiger partial charge in [0.1, 0.15) is 0 Å². The van der Waals surface area contributed by atoms with Crippen LogP contribution in [-0.4, -0.2) is 20.5 Å². The highest BCUT2D eigenvalue weighted by atomic mass is 32.2. The van der Waals surface area contributed by atoms with Crippen LogP contribution in [0.2, 0.25) is 0 Å². The van der Waals surface area contributed by atoms with E-state index in [2.05, 4.69) is 48.3 Å². The number of aryl methyl sites for hydroxylation is 1. The van der Waals surface area contributed by atoms with Gasteiger partial charge < -0.3 is 5.73 Å². The fourth-order valence-electron chi connectivity index (χ4n) is 1.96. The van der Waals surface area contributed by atoms with Crippen LogP contribution >= 0.6 is 11.8 Å². The normalized spacial score (nSPS) is 11.1. The molecule has 5 heteroatoms. The molecule has 1 heterocycles. The van der Waals surface area contributed by atoms with E-state index in [1.165, 1.54) is 5.56 Å². The van der Waals surface area contributed by atoms with Crippen molar-refractivity contribution in [3.8, 4) is 0 Å². The Morgan fingerprint density at radius 1 is 1.21 bits per heavy atom. The second-order valence-electron chi connectivity index (χ2n) is 4.74. The van der Waals surface area contributed by atoms with Crippen LogP contribution in [0.3, 0.4) is 0 Å². The Morgan fingerprint density at radius 2 is 1.95 bits per heavy atom. The van der Waals surface area contributed by atoms with E-state index in [0.29, 0.717) is 12.0 Å². The summed E-state index contributed by atoms with van der Waals surface area (Å²) in [6.07, 6.45) is 2.22. The predicted octanol–water partition coefficient (Wildman–Crippen LogP) is 3.17. The zero-order chi connectivity index (χ0) is 13.7. The monoisotopic (exact) mass is 276 g/mol. The molecule has 4 nitrogen and oxygen atoms in total. The number of anilines is 1. The fourth-order valence-corrected chi connectivity index (χ4v) is 2.97. The van der Waals surface area contributed by atoms with Crippen LogP contribution < -0.4 is 5.73 Å². The van der Waals surface area contributed by atoms with Crippen LogP contribution in [0.15, 0.2) is 35.5 Å². The maximum Gasteiger partial charge on any atom is 0.222 e. The second kappa shape index (κ2) is 6.61. The van der Waals surface area contributed by atoms with Crippen LogP contribution in [0.5, 0.6) is 0 Å². The summed E-state index contributed by atoms with van der Waals surface area (Å²) < 4.78 is 1.98. The van der Waals surface area contributed by atoms with E-state index in [-0.39, 0.29) is 0 Å². The largest absolute Gasteiger partial charge is 0.368 e. The summed E-state index contributed by atoms with van der Waals surface area (Å²) in [5.74, 6) is 1.53. The summed E-state index contributed by atoms with van der Waals surface area (Å²) >= 11 is 1.72. The van der Waals surface area contributed by atoms with Crippen molar-refractivity contribution in [2.75, 3.05) is 11.5 Å². The molecule has 0 aliphatic heterocycles. The molecule has 2 rings (SSSR count). The first-order chi connectivity index (χ1) is 9.18. The first-order valence-corrected chi connectivity index (χ1v) is 7.54. The minimum atomic E-state index is 0.298. The van der Waals surface area contributed by atoms with Crippen LogP contribution in [0.4, 0.5) is 5.95 Å². The summed E-state index contributed by atoms with van der Waals surface area (Å²) in [6.45, 7) is 4.18. The summed E-state index contributed by atoms with van der Waals surface area (Å²) in [5, 5.41) is 8.99. The van der Waals surface area contributed by atoms with Crippen molar-refractivity contribution in [1.29, 1.82) is 0 Å². The van der Waals surface area contributed by atoms with Gasteiger partial charge in [-0.25, -0.2) is 0 Å². The zero-order valence-electron chi connectivity index (χ0n) is 11.4. The molecule has 0 atom stereocenters. The standard InChI is InChI=1S/C14H20N4S/c1-11(2)18-13(15)16-17-14(18)19-10-6-9-12-7-4-3-5-8-12/h3-5,7-8,11H,6,9-10H2,1-2H3,(H2,15,16). The lowest BCUT2D eigenvalue weighted by molar-refractivity contribution is 0.557. The number of nitrogens with two attached hydrogens (primary N) is 1. The van der Waals surface area contributed by atoms with Crippen LogP contribution in [0.25, 0.3) is 0 Å². The SMILES string of the molecule is CC(C)n1c(N)nnc1SCCCc1ccccc1. The molecule has 0 bridgehead atoms.